The van der Waals surface area contributed by atoms with Crippen molar-refractivity contribution < 1.29 is 18.0 Å². The van der Waals surface area contributed by atoms with Crippen LogP contribution in [0.25, 0.3) is 0 Å². The fourth-order valence-corrected chi connectivity index (χ4v) is 6.81. The number of amides is 2. The Kier molecular flexibility index (Phi) is 10.7. The molecule has 0 unspecified atom stereocenters. The Morgan fingerprint density at radius 2 is 1.48 bits per heavy atom. The molecule has 4 rings (SSSR count). The third-order valence-corrected chi connectivity index (χ3v) is 9.65. The van der Waals surface area contributed by atoms with E-state index in [1.807, 2.05) is 54.6 Å². The van der Waals surface area contributed by atoms with Gasteiger partial charge in [0.15, 0.2) is 0 Å². The van der Waals surface area contributed by atoms with Crippen molar-refractivity contribution >= 4 is 66.7 Å². The average Bonchev–Trinajstić information content (AvgIpc) is 2.99. The van der Waals surface area contributed by atoms with Gasteiger partial charge in [-0.15, -0.1) is 0 Å². The van der Waals surface area contributed by atoms with Gasteiger partial charge < -0.3 is 10.2 Å². The third kappa shape index (κ3) is 7.52. The topological polar surface area (TPSA) is 86.8 Å². The molecule has 4 aromatic rings. The lowest BCUT2D eigenvalue weighted by atomic mass is 10.0. The normalized spacial score (nSPS) is 11.9. The summed E-state index contributed by atoms with van der Waals surface area (Å²) in [6.45, 7) is -0.584. The zero-order valence-electron chi connectivity index (χ0n) is 22.6. The van der Waals surface area contributed by atoms with Crippen LogP contribution in [0.5, 0.6) is 0 Å². The molecule has 4 aromatic carbocycles. The van der Waals surface area contributed by atoms with Crippen LogP contribution >= 0.6 is 39.1 Å². The molecule has 1 atom stereocenters. The number of carbonyl (C=O) groups excluding carboxylic acids is 2. The standard InChI is InChI=1S/C31H28BrCl2N3O4S/c1-35-31(39)28(19-22-10-4-2-5-11-22)36(20-23-12-8-13-24(32)18-23)29(38)21-37(27-17-9-16-26(33)30(27)34)42(40,41)25-14-6-3-7-15-25/h2-18,28H,19-21H2,1H3,(H,35,39)/t28-/m0/s1. The number of sulfonamides is 1. The molecule has 0 aliphatic rings. The monoisotopic (exact) mass is 687 g/mol. The average molecular weight is 689 g/mol. The number of likely N-dealkylation sites (N-methyl/N-ethyl adjacent to an activating group) is 1. The molecule has 0 radical (unpaired) electrons. The number of nitrogens with zero attached hydrogens (tertiary/aromatic N) is 2. The van der Waals surface area contributed by atoms with Crippen LogP contribution in [0.1, 0.15) is 11.1 Å². The minimum atomic E-state index is -4.28. The number of carbonyl (C=O) groups is 2. The van der Waals surface area contributed by atoms with Gasteiger partial charge in [-0.25, -0.2) is 8.42 Å². The summed E-state index contributed by atoms with van der Waals surface area (Å²) >= 11 is 16.2. The molecule has 11 heteroatoms. The van der Waals surface area contributed by atoms with Gasteiger partial charge in [-0.2, -0.15) is 0 Å². The van der Waals surface area contributed by atoms with Gasteiger partial charge in [0.1, 0.15) is 12.6 Å². The first-order valence-electron chi connectivity index (χ1n) is 12.9. The largest absolute Gasteiger partial charge is 0.357 e. The zero-order valence-corrected chi connectivity index (χ0v) is 26.5. The van der Waals surface area contributed by atoms with Crippen LogP contribution in [0.2, 0.25) is 10.0 Å². The molecule has 0 aliphatic carbocycles. The third-order valence-electron chi connectivity index (χ3n) is 6.57. The Labute approximate surface area is 264 Å². The van der Waals surface area contributed by atoms with Crippen LogP contribution in [-0.4, -0.2) is 44.8 Å². The number of halogens is 3. The molecule has 0 saturated heterocycles. The van der Waals surface area contributed by atoms with Crippen LogP contribution < -0.4 is 9.62 Å². The fourth-order valence-electron chi connectivity index (χ4n) is 4.47. The number of rotatable bonds is 11. The van der Waals surface area contributed by atoms with Crippen molar-refractivity contribution in [3.05, 3.63) is 129 Å². The second-order valence-electron chi connectivity index (χ2n) is 9.37. The van der Waals surface area contributed by atoms with Crippen LogP contribution in [-0.2, 0) is 32.6 Å². The van der Waals surface area contributed by atoms with Gasteiger partial charge in [0.05, 0.1) is 20.6 Å². The fraction of sp³-hybridized carbons (Fsp3) is 0.161. The van der Waals surface area contributed by atoms with Crippen LogP contribution in [0, 0.1) is 0 Å². The van der Waals surface area contributed by atoms with E-state index in [0.29, 0.717) is 0 Å². The molecule has 0 spiro atoms. The molecule has 7 nitrogen and oxygen atoms in total. The van der Waals surface area contributed by atoms with Crippen molar-refractivity contribution in [2.24, 2.45) is 0 Å². The molecule has 0 saturated carbocycles. The Bertz CT molecular complexity index is 1660. The molecule has 1 N–H and O–H groups in total. The molecule has 42 heavy (non-hydrogen) atoms. The molecule has 0 fully saturated rings. The minimum absolute atomic E-state index is 0.0165. The maximum absolute atomic E-state index is 14.3. The number of benzene rings is 4. The summed E-state index contributed by atoms with van der Waals surface area (Å²) in [7, 11) is -2.78. The maximum Gasteiger partial charge on any atom is 0.264 e. The van der Waals surface area contributed by atoms with E-state index in [2.05, 4.69) is 21.2 Å². The highest BCUT2D eigenvalue weighted by Crippen LogP contribution is 2.35. The summed E-state index contributed by atoms with van der Waals surface area (Å²) in [4.78, 5) is 29.0. The molecular weight excluding hydrogens is 661 g/mol. The lowest BCUT2D eigenvalue weighted by Crippen LogP contribution is -2.53. The summed E-state index contributed by atoms with van der Waals surface area (Å²) in [6, 6.07) is 28.1. The summed E-state index contributed by atoms with van der Waals surface area (Å²) in [5, 5.41) is 2.78. The minimum Gasteiger partial charge on any atom is -0.357 e. The van der Waals surface area contributed by atoms with E-state index in [0.717, 1.165) is 19.9 Å². The van der Waals surface area contributed by atoms with Gasteiger partial charge in [-0.1, -0.05) is 106 Å². The molecule has 0 aromatic heterocycles. The smallest absolute Gasteiger partial charge is 0.264 e. The van der Waals surface area contributed by atoms with E-state index < -0.39 is 28.5 Å². The summed E-state index contributed by atoms with van der Waals surface area (Å²) in [6.07, 6.45) is 0.212. The van der Waals surface area contributed by atoms with Gasteiger partial charge >= 0.3 is 0 Å². The van der Waals surface area contributed by atoms with Crippen molar-refractivity contribution in [2.75, 3.05) is 17.9 Å². The van der Waals surface area contributed by atoms with E-state index in [1.54, 1.807) is 24.3 Å². The van der Waals surface area contributed by atoms with E-state index in [9.17, 15) is 18.0 Å². The lowest BCUT2D eigenvalue weighted by Gasteiger charge is -2.34. The number of hydrogen-bond acceptors (Lipinski definition) is 4. The highest BCUT2D eigenvalue weighted by atomic mass is 79.9. The summed E-state index contributed by atoms with van der Waals surface area (Å²) in [5.41, 5.74) is 1.63. The predicted molar refractivity (Wildman–Crippen MR) is 170 cm³/mol. The van der Waals surface area contributed by atoms with Crippen molar-refractivity contribution in [3.63, 3.8) is 0 Å². The SMILES string of the molecule is CNC(=O)[C@H](Cc1ccccc1)N(Cc1cccc(Br)c1)C(=O)CN(c1cccc(Cl)c1Cl)S(=O)(=O)c1ccccc1. The number of anilines is 1. The summed E-state index contributed by atoms with van der Waals surface area (Å²) in [5.74, 6) is -0.990. The Hall–Kier alpha value is -3.37. The molecule has 2 amide bonds. The number of nitrogens with one attached hydrogen (secondary N) is 1. The zero-order chi connectivity index (χ0) is 30.3. The van der Waals surface area contributed by atoms with Gasteiger partial charge in [0.2, 0.25) is 11.8 Å². The Morgan fingerprint density at radius 3 is 2.12 bits per heavy atom. The van der Waals surface area contributed by atoms with Crippen LogP contribution in [0.4, 0.5) is 5.69 Å². The van der Waals surface area contributed by atoms with Crippen molar-refractivity contribution in [1.29, 1.82) is 0 Å². The maximum atomic E-state index is 14.3. The van der Waals surface area contributed by atoms with Crippen molar-refractivity contribution in [2.45, 2.75) is 23.9 Å². The first-order valence-corrected chi connectivity index (χ1v) is 15.9. The predicted octanol–water partition coefficient (Wildman–Crippen LogP) is 6.34. The number of hydrogen-bond donors (Lipinski definition) is 1. The van der Waals surface area contributed by atoms with E-state index >= 15 is 0 Å². The van der Waals surface area contributed by atoms with Gasteiger partial charge in [-0.3, -0.25) is 13.9 Å². The lowest BCUT2D eigenvalue weighted by molar-refractivity contribution is -0.139. The first kappa shape index (κ1) is 31.6. The van der Waals surface area contributed by atoms with Crippen molar-refractivity contribution in [1.82, 2.24) is 10.2 Å². The van der Waals surface area contributed by atoms with Gasteiger partial charge in [0, 0.05) is 24.5 Å². The van der Waals surface area contributed by atoms with E-state index in [4.69, 9.17) is 23.2 Å². The van der Waals surface area contributed by atoms with Gasteiger partial charge in [-0.05, 0) is 47.5 Å². The van der Waals surface area contributed by atoms with E-state index in [-0.39, 0.29) is 39.5 Å². The molecular formula is C31H28BrCl2N3O4S. The Morgan fingerprint density at radius 1 is 0.857 bits per heavy atom. The molecule has 0 heterocycles. The second-order valence-corrected chi connectivity index (χ2v) is 12.9. The van der Waals surface area contributed by atoms with Crippen LogP contribution in [0.3, 0.4) is 0 Å². The Balaban J connectivity index is 1.81. The van der Waals surface area contributed by atoms with Crippen LogP contribution in [0.15, 0.2) is 112 Å². The quantitative estimate of drug-likeness (QED) is 0.199. The summed E-state index contributed by atoms with van der Waals surface area (Å²) < 4.78 is 29.7. The van der Waals surface area contributed by atoms with Gasteiger partial charge in [0.25, 0.3) is 10.0 Å². The highest BCUT2D eigenvalue weighted by molar-refractivity contribution is 9.10. The highest BCUT2D eigenvalue weighted by Gasteiger charge is 2.35. The van der Waals surface area contributed by atoms with E-state index in [1.165, 1.54) is 36.2 Å². The van der Waals surface area contributed by atoms with Crippen molar-refractivity contribution in [3.8, 4) is 0 Å². The second kappa shape index (κ2) is 14.2. The first-order chi connectivity index (χ1) is 20.1. The molecule has 218 valence electrons. The molecule has 0 aliphatic heterocycles. The molecule has 0 bridgehead atoms.